The zero-order valence-corrected chi connectivity index (χ0v) is 15.7. The number of nitrogens with one attached hydrogen (secondary N) is 2. The van der Waals surface area contributed by atoms with E-state index >= 15 is 0 Å². The van der Waals surface area contributed by atoms with Gasteiger partial charge in [-0.05, 0) is 55.3 Å². The van der Waals surface area contributed by atoms with Crippen LogP contribution < -0.4 is 15.4 Å². The Labute approximate surface area is 165 Å². The summed E-state index contributed by atoms with van der Waals surface area (Å²) in [5, 5.41) is 10.8. The van der Waals surface area contributed by atoms with Crippen molar-refractivity contribution >= 4 is 17.8 Å². The van der Waals surface area contributed by atoms with Gasteiger partial charge in [-0.15, -0.1) is 18.3 Å². The normalized spacial score (nSPS) is 15.6. The van der Waals surface area contributed by atoms with Crippen LogP contribution in [0.5, 0.6) is 5.75 Å². The van der Waals surface area contributed by atoms with Crippen LogP contribution in [0.25, 0.3) is 5.69 Å². The first-order chi connectivity index (χ1) is 13.8. The van der Waals surface area contributed by atoms with Crippen molar-refractivity contribution < 1.29 is 17.9 Å². The van der Waals surface area contributed by atoms with Gasteiger partial charge in [-0.25, -0.2) is 9.67 Å². The van der Waals surface area contributed by atoms with E-state index in [-0.39, 0.29) is 5.75 Å². The lowest BCUT2D eigenvalue weighted by Gasteiger charge is -2.19. The van der Waals surface area contributed by atoms with Crippen molar-refractivity contribution in [1.29, 1.82) is 0 Å². The number of anilines is 2. The van der Waals surface area contributed by atoms with E-state index in [0.29, 0.717) is 11.5 Å². The minimum atomic E-state index is -4.72. The number of hydrogen-bond acceptors (Lipinski definition) is 5. The lowest BCUT2D eigenvalue weighted by molar-refractivity contribution is -0.274. The van der Waals surface area contributed by atoms with Crippen LogP contribution in [0.1, 0.15) is 22.9 Å². The Hall–Kier alpha value is -3.49. The Kier molecular flexibility index (Phi) is 4.65. The molecule has 150 valence electrons. The van der Waals surface area contributed by atoms with E-state index in [1.54, 1.807) is 11.0 Å². The van der Waals surface area contributed by atoms with Gasteiger partial charge in [-0.3, -0.25) is 0 Å². The highest BCUT2D eigenvalue weighted by Crippen LogP contribution is 2.31. The number of alkyl halides is 3. The van der Waals surface area contributed by atoms with Gasteiger partial charge in [-0.2, -0.15) is 0 Å². The highest BCUT2D eigenvalue weighted by Gasteiger charge is 2.31. The number of aliphatic imine (C=N–C) groups is 1. The van der Waals surface area contributed by atoms with Crippen LogP contribution in [0.4, 0.5) is 24.7 Å². The summed E-state index contributed by atoms with van der Waals surface area (Å²) >= 11 is 0. The number of fused-ring (bicyclic) bond motifs is 1. The number of aryl methyl sites for hydroxylation is 1. The Morgan fingerprint density at radius 1 is 1.10 bits per heavy atom. The Morgan fingerprint density at radius 3 is 2.59 bits per heavy atom. The van der Waals surface area contributed by atoms with Gasteiger partial charge in [0.2, 0.25) is 0 Å². The highest BCUT2D eigenvalue weighted by molar-refractivity contribution is 5.79. The van der Waals surface area contributed by atoms with E-state index in [9.17, 15) is 13.2 Å². The van der Waals surface area contributed by atoms with Gasteiger partial charge in [0.15, 0.2) is 12.0 Å². The average molecular weight is 401 g/mol. The second-order valence-electron chi connectivity index (χ2n) is 6.64. The molecule has 0 radical (unpaired) electrons. The van der Waals surface area contributed by atoms with Crippen molar-refractivity contribution in [2.45, 2.75) is 26.4 Å². The minimum absolute atomic E-state index is 0.278. The molecule has 2 heterocycles. The molecule has 2 N–H and O–H groups in total. The maximum absolute atomic E-state index is 12.3. The molecule has 6 nitrogen and oxygen atoms in total. The molecule has 0 amide bonds. The van der Waals surface area contributed by atoms with Crippen LogP contribution in [0.2, 0.25) is 0 Å². The van der Waals surface area contributed by atoms with Crippen LogP contribution in [0.15, 0.2) is 53.7 Å². The third kappa shape index (κ3) is 4.03. The summed E-state index contributed by atoms with van der Waals surface area (Å²) in [6.07, 6.45) is -1.72. The van der Waals surface area contributed by atoms with Crippen LogP contribution in [-0.4, -0.2) is 22.5 Å². The largest absolute Gasteiger partial charge is 0.573 e. The summed E-state index contributed by atoms with van der Waals surface area (Å²) in [6, 6.07) is 11.5. The lowest BCUT2D eigenvalue weighted by atomic mass is 10.1. The van der Waals surface area contributed by atoms with E-state index in [2.05, 4.69) is 25.5 Å². The molecule has 2 aromatic carbocycles. The maximum atomic E-state index is 12.3. The molecule has 1 aliphatic rings. The number of ether oxygens (including phenoxy) is 1. The van der Waals surface area contributed by atoms with Crippen molar-refractivity contribution in [3.63, 3.8) is 0 Å². The minimum Gasteiger partial charge on any atom is -0.406 e. The van der Waals surface area contributed by atoms with Crippen molar-refractivity contribution in [1.82, 2.24) is 9.78 Å². The first-order valence-corrected chi connectivity index (χ1v) is 8.87. The number of benzene rings is 2. The predicted octanol–water partition coefficient (Wildman–Crippen LogP) is 4.95. The van der Waals surface area contributed by atoms with Gasteiger partial charge in [0, 0.05) is 11.9 Å². The zero-order chi connectivity index (χ0) is 20.6. The lowest BCUT2D eigenvalue weighted by Crippen LogP contribution is -2.17. The molecule has 0 saturated carbocycles. The fourth-order valence-electron chi connectivity index (χ4n) is 3.09. The van der Waals surface area contributed by atoms with Crippen molar-refractivity contribution in [2.75, 3.05) is 10.6 Å². The van der Waals surface area contributed by atoms with Crippen LogP contribution in [0.3, 0.4) is 0 Å². The molecule has 1 unspecified atom stereocenters. The number of hydrogen-bond donors (Lipinski definition) is 2. The molecule has 29 heavy (non-hydrogen) atoms. The number of halogens is 3. The molecule has 1 aromatic heterocycles. The van der Waals surface area contributed by atoms with Gasteiger partial charge in [0.25, 0.3) is 0 Å². The second kappa shape index (κ2) is 7.16. The molecular formula is C20H18F3N5O. The smallest absolute Gasteiger partial charge is 0.406 e. The fourth-order valence-corrected chi connectivity index (χ4v) is 3.09. The SMILES string of the molecule is Cc1cccc(-n2cc3c(n2)NC=NC3Nc2ccc(OC(F)(F)F)cc2)c1C. The standard InChI is InChI=1S/C20H18F3N5O/c1-12-4-3-5-17(13(12)2)28-10-16-18(24-11-25-19(16)27-28)26-14-6-8-15(9-7-14)29-20(21,22)23/h3-11,18,26H,1-2H3,(H,24,25,27). The molecule has 0 spiro atoms. The van der Waals surface area contributed by atoms with Gasteiger partial charge in [0.1, 0.15) is 5.75 Å². The van der Waals surface area contributed by atoms with Gasteiger partial charge in [-0.1, -0.05) is 12.1 Å². The van der Waals surface area contributed by atoms with E-state index < -0.39 is 12.5 Å². The molecule has 0 aliphatic carbocycles. The number of rotatable bonds is 4. The average Bonchev–Trinajstić information content (AvgIpc) is 3.09. The van der Waals surface area contributed by atoms with E-state index in [4.69, 9.17) is 0 Å². The molecule has 0 saturated heterocycles. The van der Waals surface area contributed by atoms with E-state index in [1.165, 1.54) is 24.3 Å². The maximum Gasteiger partial charge on any atom is 0.573 e. The molecule has 1 atom stereocenters. The fraction of sp³-hybridized carbons (Fsp3) is 0.200. The van der Waals surface area contributed by atoms with Gasteiger partial charge < -0.3 is 15.4 Å². The van der Waals surface area contributed by atoms with Crippen LogP contribution in [0, 0.1) is 13.8 Å². The van der Waals surface area contributed by atoms with E-state index in [1.807, 2.05) is 38.2 Å². The molecule has 9 heteroatoms. The zero-order valence-electron chi connectivity index (χ0n) is 15.7. The third-order valence-electron chi connectivity index (χ3n) is 4.68. The second-order valence-corrected chi connectivity index (χ2v) is 6.64. The summed E-state index contributed by atoms with van der Waals surface area (Å²) < 4.78 is 42.6. The van der Waals surface area contributed by atoms with Crippen molar-refractivity contribution in [3.05, 3.63) is 65.4 Å². The Balaban J connectivity index is 1.57. The quantitative estimate of drug-likeness (QED) is 0.649. The predicted molar refractivity (Wildman–Crippen MR) is 105 cm³/mol. The summed E-state index contributed by atoms with van der Waals surface area (Å²) in [5.74, 6) is 0.385. The Morgan fingerprint density at radius 2 is 1.86 bits per heavy atom. The summed E-state index contributed by atoms with van der Waals surface area (Å²) in [6.45, 7) is 4.08. The number of nitrogens with zero attached hydrogens (tertiary/aromatic N) is 3. The molecule has 0 bridgehead atoms. The summed E-state index contributed by atoms with van der Waals surface area (Å²) in [7, 11) is 0. The first kappa shape index (κ1) is 18.9. The highest BCUT2D eigenvalue weighted by atomic mass is 19.4. The van der Waals surface area contributed by atoms with E-state index in [0.717, 1.165) is 22.4 Å². The van der Waals surface area contributed by atoms with Gasteiger partial charge >= 0.3 is 6.36 Å². The topological polar surface area (TPSA) is 63.5 Å². The molecule has 3 aromatic rings. The first-order valence-electron chi connectivity index (χ1n) is 8.87. The third-order valence-corrected chi connectivity index (χ3v) is 4.68. The van der Waals surface area contributed by atoms with Crippen LogP contribution in [-0.2, 0) is 0 Å². The summed E-state index contributed by atoms with van der Waals surface area (Å²) in [5.41, 5.74) is 4.68. The van der Waals surface area contributed by atoms with Crippen molar-refractivity contribution in [2.24, 2.45) is 4.99 Å². The monoisotopic (exact) mass is 401 g/mol. The molecule has 1 aliphatic heterocycles. The Bertz CT molecular complexity index is 1060. The molecular weight excluding hydrogens is 383 g/mol. The van der Waals surface area contributed by atoms with Gasteiger partial charge in [0.05, 0.1) is 17.6 Å². The van der Waals surface area contributed by atoms with Crippen LogP contribution >= 0.6 is 0 Å². The molecule has 4 rings (SSSR count). The molecule has 0 fully saturated rings. The number of aromatic nitrogens is 2. The summed E-state index contributed by atoms with van der Waals surface area (Å²) in [4.78, 5) is 4.38. The van der Waals surface area contributed by atoms with Crippen molar-refractivity contribution in [3.8, 4) is 11.4 Å².